The molecule has 0 radical (unpaired) electrons. The van der Waals surface area contributed by atoms with E-state index in [2.05, 4.69) is 25.9 Å². The van der Waals surface area contributed by atoms with E-state index in [0.717, 1.165) is 48.4 Å². The predicted octanol–water partition coefficient (Wildman–Crippen LogP) is 3.79. The van der Waals surface area contributed by atoms with Crippen LogP contribution in [0, 0.1) is 0 Å². The van der Waals surface area contributed by atoms with Crippen molar-refractivity contribution in [3.63, 3.8) is 0 Å². The topological polar surface area (TPSA) is 91.1 Å². The van der Waals surface area contributed by atoms with Gasteiger partial charge in [0.2, 0.25) is 0 Å². The van der Waals surface area contributed by atoms with Crippen LogP contribution in [0.3, 0.4) is 0 Å². The Morgan fingerprint density at radius 2 is 2.10 bits per heavy atom. The van der Waals surface area contributed by atoms with Crippen molar-refractivity contribution in [2.75, 3.05) is 32.1 Å². The predicted molar refractivity (Wildman–Crippen MR) is 124 cm³/mol. The summed E-state index contributed by atoms with van der Waals surface area (Å²) < 4.78 is 6.09. The number of rotatable bonds is 10. The van der Waals surface area contributed by atoms with Crippen LogP contribution in [0.25, 0.3) is 11.3 Å². The smallest absolute Gasteiger partial charge is 0.153 e. The highest BCUT2D eigenvalue weighted by Gasteiger charge is 2.22. The molecule has 2 aromatic heterocycles. The second-order valence-electron chi connectivity index (χ2n) is 7.49. The third-order valence-corrected chi connectivity index (χ3v) is 5.65. The summed E-state index contributed by atoms with van der Waals surface area (Å²) in [6.07, 6.45) is 6.13. The van der Waals surface area contributed by atoms with E-state index in [1.54, 1.807) is 12.4 Å². The highest BCUT2D eigenvalue weighted by Crippen LogP contribution is 2.39. The second kappa shape index (κ2) is 9.96. The Labute approximate surface area is 186 Å². The van der Waals surface area contributed by atoms with E-state index >= 15 is 0 Å². The van der Waals surface area contributed by atoms with Gasteiger partial charge in [-0.2, -0.15) is 0 Å². The molecule has 8 heteroatoms. The lowest BCUT2D eigenvalue weighted by Crippen LogP contribution is -2.46. The first-order valence-electron chi connectivity index (χ1n) is 10.4. The minimum absolute atomic E-state index is 0.361. The number of aldehydes is 1. The number of nitrogens with one attached hydrogen (secondary N) is 4. The Morgan fingerprint density at radius 1 is 1.29 bits per heavy atom. The van der Waals surface area contributed by atoms with Crippen molar-refractivity contribution in [2.45, 2.75) is 18.9 Å². The second-order valence-corrected chi connectivity index (χ2v) is 7.93. The van der Waals surface area contributed by atoms with E-state index in [9.17, 15) is 4.79 Å². The van der Waals surface area contributed by atoms with Crippen molar-refractivity contribution in [1.29, 1.82) is 0 Å². The van der Waals surface area contributed by atoms with Crippen LogP contribution in [0.1, 0.15) is 22.5 Å². The molecule has 7 nitrogen and oxygen atoms in total. The van der Waals surface area contributed by atoms with Crippen LogP contribution >= 0.6 is 11.6 Å². The zero-order valence-electron chi connectivity index (χ0n) is 17.4. The standard InChI is InChI=1S/C23H26ClN5O2/c1-25-9-8-20-19(13-30)23(28-16-4-2-15(24)3-5-16)22(29-20)18-7-10-26-12-21(18)31-14-17-6-11-27-17/h2-5,7,10,12-13,17,25,27-29H,6,8-9,11,14H2,1H3. The van der Waals surface area contributed by atoms with Crippen LogP contribution in [0.15, 0.2) is 42.7 Å². The van der Waals surface area contributed by atoms with Gasteiger partial charge in [-0.25, -0.2) is 0 Å². The average molecular weight is 440 g/mol. The van der Waals surface area contributed by atoms with Crippen molar-refractivity contribution in [1.82, 2.24) is 20.6 Å². The van der Waals surface area contributed by atoms with Gasteiger partial charge in [-0.1, -0.05) is 11.6 Å². The van der Waals surface area contributed by atoms with Gasteiger partial charge in [0.15, 0.2) is 6.29 Å². The van der Waals surface area contributed by atoms with E-state index in [0.29, 0.717) is 41.1 Å². The molecule has 3 heterocycles. The van der Waals surface area contributed by atoms with Crippen LogP contribution in [0.5, 0.6) is 5.75 Å². The van der Waals surface area contributed by atoms with Crippen LogP contribution < -0.4 is 20.7 Å². The lowest BCUT2D eigenvalue weighted by Gasteiger charge is -2.27. The summed E-state index contributed by atoms with van der Waals surface area (Å²) >= 11 is 6.03. The van der Waals surface area contributed by atoms with Gasteiger partial charge in [0.1, 0.15) is 12.4 Å². The number of likely N-dealkylation sites (N-methyl/N-ethyl adjacent to an activating group) is 1. The van der Waals surface area contributed by atoms with Gasteiger partial charge >= 0.3 is 0 Å². The molecule has 1 saturated heterocycles. The quantitative estimate of drug-likeness (QED) is 0.359. The lowest BCUT2D eigenvalue weighted by atomic mass is 10.1. The molecule has 162 valence electrons. The first-order valence-corrected chi connectivity index (χ1v) is 10.7. The molecule has 1 aliphatic rings. The molecule has 1 aromatic carbocycles. The number of pyridine rings is 1. The van der Waals surface area contributed by atoms with Crippen molar-refractivity contribution in [2.24, 2.45) is 0 Å². The molecule has 1 atom stereocenters. The number of aromatic amines is 1. The van der Waals surface area contributed by atoms with Gasteiger partial charge in [-0.15, -0.1) is 0 Å². The number of ether oxygens (including phenoxy) is 1. The number of carbonyl (C=O) groups is 1. The summed E-state index contributed by atoms with van der Waals surface area (Å²) in [7, 11) is 1.89. The van der Waals surface area contributed by atoms with Crippen LogP contribution in [0.2, 0.25) is 5.02 Å². The Balaban J connectivity index is 1.74. The van der Waals surface area contributed by atoms with Crippen molar-refractivity contribution < 1.29 is 9.53 Å². The molecule has 0 bridgehead atoms. The number of aromatic nitrogens is 2. The summed E-state index contributed by atoms with van der Waals surface area (Å²) in [6.45, 7) is 2.35. The molecule has 31 heavy (non-hydrogen) atoms. The average Bonchev–Trinajstić information content (AvgIpc) is 3.10. The molecule has 0 spiro atoms. The van der Waals surface area contributed by atoms with Gasteiger partial charge in [0, 0.05) is 47.2 Å². The molecule has 4 rings (SSSR count). The van der Waals surface area contributed by atoms with E-state index in [1.807, 2.05) is 37.4 Å². The minimum Gasteiger partial charge on any atom is -0.490 e. The van der Waals surface area contributed by atoms with Crippen LogP contribution in [-0.4, -0.2) is 49.0 Å². The largest absolute Gasteiger partial charge is 0.490 e. The maximum Gasteiger partial charge on any atom is 0.153 e. The Hall–Kier alpha value is -2.87. The first-order chi connectivity index (χ1) is 15.2. The number of hydrogen-bond acceptors (Lipinski definition) is 6. The van der Waals surface area contributed by atoms with Gasteiger partial charge < -0.3 is 25.7 Å². The highest BCUT2D eigenvalue weighted by molar-refractivity contribution is 6.30. The SMILES string of the molecule is CNCCc1[nH]c(-c2ccncc2OCC2CCN2)c(Nc2ccc(Cl)cc2)c1C=O. The zero-order chi connectivity index (χ0) is 21.6. The lowest BCUT2D eigenvalue weighted by molar-refractivity contribution is 0.112. The van der Waals surface area contributed by atoms with Crippen molar-refractivity contribution in [3.05, 3.63) is 59.0 Å². The van der Waals surface area contributed by atoms with Crippen LogP contribution in [-0.2, 0) is 6.42 Å². The summed E-state index contributed by atoms with van der Waals surface area (Å²) in [4.78, 5) is 19.8. The number of halogens is 1. The maximum absolute atomic E-state index is 12.1. The summed E-state index contributed by atoms with van der Waals surface area (Å²) in [5.74, 6) is 0.675. The number of benzene rings is 1. The minimum atomic E-state index is 0.361. The third-order valence-electron chi connectivity index (χ3n) is 5.40. The fraction of sp³-hybridized carbons (Fsp3) is 0.304. The monoisotopic (exact) mass is 439 g/mol. The van der Waals surface area contributed by atoms with Crippen LogP contribution in [0.4, 0.5) is 11.4 Å². The number of hydrogen-bond donors (Lipinski definition) is 4. The molecule has 0 aliphatic carbocycles. The van der Waals surface area contributed by atoms with E-state index in [-0.39, 0.29) is 0 Å². The number of carbonyl (C=O) groups excluding carboxylic acids is 1. The fourth-order valence-corrected chi connectivity index (χ4v) is 3.66. The van der Waals surface area contributed by atoms with Gasteiger partial charge in [0.25, 0.3) is 0 Å². The molecule has 3 aromatic rings. The molecule has 0 amide bonds. The van der Waals surface area contributed by atoms with E-state index in [4.69, 9.17) is 16.3 Å². The maximum atomic E-state index is 12.1. The Bertz CT molecular complexity index is 1030. The Kier molecular flexibility index (Phi) is 6.86. The molecular formula is C23H26ClN5O2. The number of H-pyrrole nitrogens is 1. The summed E-state index contributed by atoms with van der Waals surface area (Å²) in [6, 6.07) is 9.65. The van der Waals surface area contributed by atoms with Gasteiger partial charge in [-0.05, 0) is 50.3 Å². The molecular weight excluding hydrogens is 414 g/mol. The molecule has 0 saturated carbocycles. The first kappa shape index (κ1) is 21.4. The molecule has 1 fully saturated rings. The Morgan fingerprint density at radius 3 is 2.77 bits per heavy atom. The zero-order valence-corrected chi connectivity index (χ0v) is 18.1. The fourth-order valence-electron chi connectivity index (χ4n) is 3.54. The highest BCUT2D eigenvalue weighted by atomic mass is 35.5. The third kappa shape index (κ3) is 4.90. The molecule has 1 unspecified atom stereocenters. The van der Waals surface area contributed by atoms with Gasteiger partial charge in [-0.3, -0.25) is 9.78 Å². The van der Waals surface area contributed by atoms with E-state index in [1.165, 1.54) is 0 Å². The summed E-state index contributed by atoms with van der Waals surface area (Å²) in [5.41, 5.74) is 4.65. The number of nitrogens with zero attached hydrogens (tertiary/aromatic N) is 1. The summed E-state index contributed by atoms with van der Waals surface area (Å²) in [5, 5.41) is 10.5. The molecule has 4 N–H and O–H groups in total. The molecule has 1 aliphatic heterocycles. The van der Waals surface area contributed by atoms with E-state index < -0.39 is 0 Å². The number of anilines is 2. The van der Waals surface area contributed by atoms with Gasteiger partial charge in [0.05, 0.1) is 23.1 Å². The van der Waals surface area contributed by atoms with Crippen molar-refractivity contribution >= 4 is 29.3 Å². The van der Waals surface area contributed by atoms with Crippen molar-refractivity contribution in [3.8, 4) is 17.0 Å². The normalized spacial score (nSPS) is 15.4.